The summed E-state index contributed by atoms with van der Waals surface area (Å²) < 4.78 is 0. The Kier molecular flexibility index (Phi) is 9.61. The van der Waals surface area contributed by atoms with Gasteiger partial charge in [-0.1, -0.05) is 146 Å². The lowest BCUT2D eigenvalue weighted by molar-refractivity contribution is 0.766. The van der Waals surface area contributed by atoms with E-state index in [1.165, 1.54) is 0 Å². The van der Waals surface area contributed by atoms with Crippen LogP contribution in [0.5, 0.6) is 0 Å². The molecule has 0 bridgehead atoms. The topological polar surface area (TPSA) is 92.1 Å². The molecule has 0 N–H and O–H groups in total. The third-order valence-electron chi connectivity index (χ3n) is 12.7. The van der Waals surface area contributed by atoms with Crippen LogP contribution in [0.2, 0.25) is 0 Å². The first-order chi connectivity index (χ1) is 34.1. The van der Waals surface area contributed by atoms with E-state index < -0.39 is 0 Å². The van der Waals surface area contributed by atoms with Crippen LogP contribution in [-0.2, 0) is 0 Å². The second kappa shape index (κ2) is 16.7. The zero-order valence-corrected chi connectivity index (χ0v) is 37.0. The van der Waals surface area contributed by atoms with Crippen LogP contribution in [0.25, 0.3) is 117 Å². The van der Waals surface area contributed by atoms with Gasteiger partial charge in [0, 0.05) is 0 Å². The Morgan fingerprint density at radius 3 is 0.594 bits per heavy atom. The molecule has 13 aromatic rings. The number of hydrogen-bond acceptors (Lipinski definition) is 6. The molecule has 3 aromatic heterocycles. The van der Waals surface area contributed by atoms with Gasteiger partial charge >= 0.3 is 0 Å². The zero-order valence-electron chi connectivity index (χ0n) is 37.0. The second-order valence-corrected chi connectivity index (χ2v) is 17.0. The van der Waals surface area contributed by atoms with Gasteiger partial charge in [0.1, 0.15) is 33.1 Å². The fourth-order valence-electron chi connectivity index (χ4n) is 9.30. The normalized spacial score (nSPS) is 11.5. The van der Waals surface area contributed by atoms with Gasteiger partial charge in [-0.25, -0.2) is 0 Å². The maximum atomic E-state index is 4.73. The molecular formula is C60H39N9. The summed E-state index contributed by atoms with van der Waals surface area (Å²) >= 11 is 0. The highest BCUT2D eigenvalue weighted by atomic mass is 15.5. The van der Waals surface area contributed by atoms with Crippen molar-refractivity contribution < 1.29 is 0 Å². The van der Waals surface area contributed by atoms with Gasteiger partial charge in [-0.15, -0.1) is 30.6 Å². The molecule has 0 atom stereocenters. The molecule has 69 heavy (non-hydrogen) atoms. The van der Waals surface area contributed by atoms with E-state index in [1.54, 1.807) is 14.4 Å². The van der Waals surface area contributed by atoms with E-state index in [0.29, 0.717) is 0 Å². The van der Waals surface area contributed by atoms with E-state index in [2.05, 4.69) is 164 Å². The molecule has 0 spiro atoms. The number of benzene rings is 10. The Hall–Kier alpha value is -9.60. The minimum absolute atomic E-state index is 0.861. The van der Waals surface area contributed by atoms with Crippen molar-refractivity contribution in [1.82, 2.24) is 45.0 Å². The number of fused-ring (bicyclic) bond motifs is 3. The van der Waals surface area contributed by atoms with Crippen LogP contribution >= 0.6 is 0 Å². The summed E-state index contributed by atoms with van der Waals surface area (Å²) in [5.41, 5.74) is 21.2. The van der Waals surface area contributed by atoms with Crippen molar-refractivity contribution in [3.8, 4) is 83.8 Å². The molecule has 0 aliphatic carbocycles. The lowest BCUT2D eigenvalue weighted by Crippen LogP contribution is -1.98. The highest BCUT2D eigenvalue weighted by molar-refractivity contribution is 5.94. The Bertz CT molecular complexity index is 3490. The van der Waals surface area contributed by atoms with Crippen molar-refractivity contribution in [3.63, 3.8) is 0 Å². The summed E-state index contributed by atoms with van der Waals surface area (Å²) in [7, 11) is 0. The lowest BCUT2D eigenvalue weighted by atomic mass is 9.86. The Morgan fingerprint density at radius 1 is 0.188 bits per heavy atom. The van der Waals surface area contributed by atoms with Gasteiger partial charge in [-0.05, 0) is 158 Å². The molecule has 9 heteroatoms. The van der Waals surface area contributed by atoms with Gasteiger partial charge in [0.05, 0.1) is 17.1 Å². The van der Waals surface area contributed by atoms with Crippen molar-refractivity contribution in [1.29, 1.82) is 0 Å². The SMILES string of the molecule is c1ccc(-c2cc(-c3ccccc3-c3ccc(-n4nc5ccccc5n4)cc3)cc(-c3ccccc3-c3ccc(-n4nc5ccccc5n4)cc3)c2)c(-c2ccc(-n3nc4ccccc4n3)cc2)c1. The third kappa shape index (κ3) is 7.40. The van der Waals surface area contributed by atoms with Crippen molar-refractivity contribution in [2.24, 2.45) is 0 Å². The van der Waals surface area contributed by atoms with Crippen LogP contribution in [0.1, 0.15) is 0 Å². The molecule has 10 aromatic carbocycles. The maximum Gasteiger partial charge on any atom is 0.113 e. The van der Waals surface area contributed by atoms with E-state index in [-0.39, 0.29) is 0 Å². The molecule has 9 nitrogen and oxygen atoms in total. The molecule has 324 valence electrons. The first-order valence-electron chi connectivity index (χ1n) is 22.9. The first-order valence-corrected chi connectivity index (χ1v) is 22.9. The summed E-state index contributed by atoms with van der Waals surface area (Å²) in [6.45, 7) is 0. The molecule has 0 radical (unpaired) electrons. The molecule has 13 rings (SSSR count). The van der Waals surface area contributed by atoms with E-state index >= 15 is 0 Å². The molecule has 3 heterocycles. The predicted molar refractivity (Wildman–Crippen MR) is 276 cm³/mol. The first kappa shape index (κ1) is 39.7. The van der Waals surface area contributed by atoms with E-state index in [0.717, 1.165) is 117 Å². The third-order valence-corrected chi connectivity index (χ3v) is 12.7. The molecule has 0 saturated heterocycles. The van der Waals surface area contributed by atoms with Crippen molar-refractivity contribution in [2.45, 2.75) is 0 Å². The van der Waals surface area contributed by atoms with Gasteiger partial charge in [0.25, 0.3) is 0 Å². The minimum Gasteiger partial charge on any atom is -0.150 e. The van der Waals surface area contributed by atoms with Crippen LogP contribution in [-0.4, -0.2) is 45.0 Å². The molecule has 0 aliphatic rings. The summed E-state index contributed by atoms with van der Waals surface area (Å²) in [5.74, 6) is 0. The summed E-state index contributed by atoms with van der Waals surface area (Å²) in [6, 6.07) is 82.3. The summed E-state index contributed by atoms with van der Waals surface area (Å²) in [5, 5.41) is 28.4. The molecular weight excluding hydrogens is 847 g/mol. The van der Waals surface area contributed by atoms with Gasteiger partial charge in [0.15, 0.2) is 0 Å². The number of aromatic nitrogens is 9. The van der Waals surface area contributed by atoms with Crippen LogP contribution in [0.3, 0.4) is 0 Å². The van der Waals surface area contributed by atoms with Crippen LogP contribution in [0.15, 0.2) is 237 Å². The standard InChI is InChI=1S/C60H39N9/c1-4-16-52(49(13-1)40-25-31-46(32-26-40)67-61-55-19-7-8-20-56(55)62-67)43-37-44(53-17-5-2-14-50(53)41-27-33-47(34-28-41)68-63-57-21-9-10-22-58(57)64-68)39-45(38-43)54-18-6-3-15-51(54)42-29-35-48(36-30-42)69-65-59-23-11-12-24-60(59)66-69/h1-39H. The summed E-state index contributed by atoms with van der Waals surface area (Å²) in [6.07, 6.45) is 0. The average Bonchev–Trinajstić information content (AvgIpc) is 4.19. The predicted octanol–water partition coefficient (Wildman–Crippen LogP) is 13.9. The van der Waals surface area contributed by atoms with E-state index in [9.17, 15) is 0 Å². The molecule has 0 saturated carbocycles. The quantitative estimate of drug-likeness (QED) is 0.143. The lowest BCUT2D eigenvalue weighted by Gasteiger charge is -2.18. The number of rotatable bonds is 9. The minimum atomic E-state index is 0.861. The molecule has 0 amide bonds. The molecule has 0 aliphatic heterocycles. The van der Waals surface area contributed by atoms with Gasteiger partial charge < -0.3 is 0 Å². The zero-order chi connectivity index (χ0) is 45.7. The molecule has 0 fully saturated rings. The fourth-order valence-corrected chi connectivity index (χ4v) is 9.30. The van der Waals surface area contributed by atoms with Crippen molar-refractivity contribution >= 4 is 33.1 Å². The van der Waals surface area contributed by atoms with Crippen molar-refractivity contribution in [3.05, 3.63) is 237 Å². The smallest absolute Gasteiger partial charge is 0.113 e. The van der Waals surface area contributed by atoms with E-state index in [1.807, 2.05) is 72.8 Å². The highest BCUT2D eigenvalue weighted by Gasteiger charge is 2.17. The van der Waals surface area contributed by atoms with E-state index in [4.69, 9.17) is 30.6 Å². The summed E-state index contributed by atoms with van der Waals surface area (Å²) in [4.78, 5) is 5.12. The van der Waals surface area contributed by atoms with Gasteiger partial charge in [-0.2, -0.15) is 14.4 Å². The Balaban J connectivity index is 0.927. The largest absolute Gasteiger partial charge is 0.150 e. The van der Waals surface area contributed by atoms with Crippen molar-refractivity contribution in [2.75, 3.05) is 0 Å². The van der Waals surface area contributed by atoms with Gasteiger partial charge in [0.2, 0.25) is 0 Å². The van der Waals surface area contributed by atoms with Crippen LogP contribution < -0.4 is 0 Å². The maximum absolute atomic E-state index is 4.73. The Morgan fingerprint density at radius 2 is 0.377 bits per heavy atom. The van der Waals surface area contributed by atoms with Gasteiger partial charge in [-0.3, -0.25) is 0 Å². The fraction of sp³-hybridized carbons (Fsp3) is 0. The number of hydrogen-bond donors (Lipinski definition) is 0. The molecule has 0 unspecified atom stereocenters. The number of nitrogens with zero attached hydrogens (tertiary/aromatic N) is 9. The second-order valence-electron chi connectivity index (χ2n) is 17.0. The van der Waals surface area contributed by atoms with Crippen LogP contribution in [0.4, 0.5) is 0 Å². The monoisotopic (exact) mass is 885 g/mol. The Labute approximate surface area is 396 Å². The van der Waals surface area contributed by atoms with Crippen LogP contribution in [0, 0.1) is 0 Å². The average molecular weight is 886 g/mol. The highest BCUT2D eigenvalue weighted by Crippen LogP contribution is 2.42.